The molecule has 0 radical (unpaired) electrons. The summed E-state index contributed by atoms with van der Waals surface area (Å²) in [5, 5.41) is 12.3. The van der Waals surface area contributed by atoms with Gasteiger partial charge >= 0.3 is 6.36 Å². The third-order valence-electron chi connectivity index (χ3n) is 6.63. The third-order valence-corrected chi connectivity index (χ3v) is 6.63. The zero-order valence-corrected chi connectivity index (χ0v) is 22.2. The largest absolute Gasteiger partial charge is 0.573 e. The Balaban J connectivity index is 1.23. The number of alkyl halides is 4. The van der Waals surface area contributed by atoms with E-state index < -0.39 is 35.6 Å². The molecule has 2 N–H and O–H groups in total. The van der Waals surface area contributed by atoms with Crippen LogP contribution in [-0.4, -0.2) is 48.9 Å². The van der Waals surface area contributed by atoms with Crippen LogP contribution >= 0.6 is 0 Å². The molecule has 1 aliphatic rings. The van der Waals surface area contributed by atoms with Crippen molar-refractivity contribution in [1.29, 1.82) is 0 Å². The van der Waals surface area contributed by atoms with Gasteiger partial charge in [-0.25, -0.2) is 9.07 Å². The minimum absolute atomic E-state index is 0.127. The molecule has 1 fully saturated rings. The smallest absolute Gasteiger partial charge is 0.404 e. The van der Waals surface area contributed by atoms with Gasteiger partial charge in [0, 0.05) is 19.2 Å². The number of aryl methyl sites for hydroxylation is 1. The van der Waals surface area contributed by atoms with E-state index in [0.29, 0.717) is 0 Å². The number of halogens is 5. The van der Waals surface area contributed by atoms with E-state index in [-0.39, 0.29) is 61.4 Å². The summed E-state index contributed by atoms with van der Waals surface area (Å²) in [6.07, 6.45) is 1.10. The molecule has 3 aromatic heterocycles. The van der Waals surface area contributed by atoms with Gasteiger partial charge in [-0.3, -0.25) is 19.4 Å². The molecular weight excluding hydrogens is 569 g/mol. The zero-order chi connectivity index (χ0) is 30.3. The van der Waals surface area contributed by atoms with E-state index in [1.54, 1.807) is 0 Å². The molecule has 3 aromatic rings. The van der Waals surface area contributed by atoms with E-state index in [0.717, 1.165) is 47.2 Å². The first-order valence-electron chi connectivity index (χ1n) is 13.2. The highest BCUT2D eigenvalue weighted by molar-refractivity contribution is 5.92. The van der Waals surface area contributed by atoms with Gasteiger partial charge in [0.1, 0.15) is 11.9 Å². The number of nitrogens with zero attached hydrogens (tertiary/aromatic N) is 5. The predicted molar refractivity (Wildman–Crippen MR) is 137 cm³/mol. The lowest BCUT2D eigenvalue weighted by atomic mass is 10.0. The van der Waals surface area contributed by atoms with Crippen molar-refractivity contribution in [3.8, 4) is 5.75 Å². The number of nitrogens with one attached hydrogen (secondary N) is 2. The van der Waals surface area contributed by atoms with Gasteiger partial charge in [-0.1, -0.05) is 18.1 Å². The van der Waals surface area contributed by atoms with Crippen LogP contribution in [0.5, 0.6) is 5.75 Å². The molecule has 4 rings (SSSR count). The number of rotatable bonds is 12. The minimum atomic E-state index is -4.85. The normalized spacial score (nSPS) is 14.5. The summed E-state index contributed by atoms with van der Waals surface area (Å²) >= 11 is 0. The quantitative estimate of drug-likeness (QED) is 0.304. The molecule has 0 bridgehead atoms. The van der Waals surface area contributed by atoms with Crippen molar-refractivity contribution < 1.29 is 36.3 Å². The molecule has 226 valence electrons. The number of carbonyl (C=O) groups is 2. The lowest BCUT2D eigenvalue weighted by Gasteiger charge is -2.13. The highest BCUT2D eigenvalue weighted by Gasteiger charge is 2.31. The number of anilines is 1. The molecule has 1 atom stereocenters. The summed E-state index contributed by atoms with van der Waals surface area (Å²) < 4.78 is 71.7. The number of hydrogen-bond acceptors (Lipinski definition) is 7. The molecule has 1 unspecified atom stereocenters. The highest BCUT2D eigenvalue weighted by Crippen LogP contribution is 2.28. The summed E-state index contributed by atoms with van der Waals surface area (Å²) in [6.45, 7) is -0.567. The number of hydrogen-bond donors (Lipinski definition) is 2. The zero-order valence-electron chi connectivity index (χ0n) is 22.2. The van der Waals surface area contributed by atoms with Gasteiger partial charge in [-0.05, 0) is 43.4 Å². The summed E-state index contributed by atoms with van der Waals surface area (Å²) in [6, 6.07) is 3.55. The van der Waals surface area contributed by atoms with Gasteiger partial charge in [0.2, 0.25) is 11.7 Å². The first-order valence-corrected chi connectivity index (χ1v) is 13.2. The summed E-state index contributed by atoms with van der Waals surface area (Å²) in [4.78, 5) is 40.7. The van der Waals surface area contributed by atoms with Crippen LogP contribution in [0.4, 0.5) is 27.6 Å². The van der Waals surface area contributed by atoms with Crippen LogP contribution in [-0.2, 0) is 24.4 Å². The minimum Gasteiger partial charge on any atom is -0.404 e. The van der Waals surface area contributed by atoms with Gasteiger partial charge in [-0.15, -0.1) is 18.3 Å². The maximum Gasteiger partial charge on any atom is 0.573 e. The molecule has 1 saturated carbocycles. The molecule has 0 aliphatic heterocycles. The van der Waals surface area contributed by atoms with E-state index in [2.05, 4.69) is 30.7 Å². The van der Waals surface area contributed by atoms with Gasteiger partial charge in [0.15, 0.2) is 5.69 Å². The number of amides is 2. The van der Waals surface area contributed by atoms with E-state index >= 15 is 0 Å². The van der Waals surface area contributed by atoms with Crippen LogP contribution in [0.2, 0.25) is 0 Å². The van der Waals surface area contributed by atoms with Crippen LogP contribution in [0.1, 0.15) is 54.7 Å². The Bertz CT molecular complexity index is 1440. The van der Waals surface area contributed by atoms with Crippen LogP contribution in [0, 0.1) is 11.7 Å². The standard InChI is InChI=1S/C26H28F5N7O4/c27-17(7-9-37-10-8-20(23(28)25(37)41)34-22(39)11-16-3-1-2-4-16)14-38-15-21(35-36-38)24(40)33-12-18-5-6-19(13-32-18)42-26(29,30)31/h5-6,8,10,13,15-17H,1-4,7,9,11-12,14H2,(H,33,40)(H,34,39). The highest BCUT2D eigenvalue weighted by atomic mass is 19.4. The second-order valence-corrected chi connectivity index (χ2v) is 9.87. The van der Waals surface area contributed by atoms with Crippen LogP contribution in [0.3, 0.4) is 0 Å². The van der Waals surface area contributed by atoms with Crippen molar-refractivity contribution >= 4 is 17.5 Å². The number of pyridine rings is 2. The topological polar surface area (TPSA) is 133 Å². The van der Waals surface area contributed by atoms with E-state index in [1.807, 2.05) is 0 Å². The average molecular weight is 598 g/mol. The maximum absolute atomic E-state index is 14.6. The van der Waals surface area contributed by atoms with E-state index in [1.165, 1.54) is 24.5 Å². The first-order chi connectivity index (χ1) is 20.0. The fourth-order valence-corrected chi connectivity index (χ4v) is 4.53. The molecule has 3 heterocycles. The van der Waals surface area contributed by atoms with Crippen LogP contribution in [0.25, 0.3) is 0 Å². The Hall–Kier alpha value is -4.37. The Labute approximate surface area is 236 Å². The molecule has 1 aliphatic carbocycles. The molecule has 11 nitrogen and oxygen atoms in total. The molecule has 42 heavy (non-hydrogen) atoms. The third kappa shape index (κ3) is 8.81. The summed E-state index contributed by atoms with van der Waals surface area (Å²) in [5.41, 5.74) is -1.09. The SMILES string of the molecule is O=C(CC1CCCC1)Nc1ccn(CCC(F)Cn2cc(C(=O)NCc3ccc(OC(F)(F)F)cn3)nn2)c(=O)c1F. The summed E-state index contributed by atoms with van der Waals surface area (Å²) in [7, 11) is 0. The lowest BCUT2D eigenvalue weighted by molar-refractivity contribution is -0.274. The van der Waals surface area contributed by atoms with Gasteiger partial charge in [-0.2, -0.15) is 4.39 Å². The average Bonchev–Trinajstić information content (AvgIpc) is 3.62. The molecular formula is C26H28F5N7O4. The molecule has 16 heteroatoms. The summed E-state index contributed by atoms with van der Waals surface area (Å²) in [5.74, 6) is -2.40. The van der Waals surface area contributed by atoms with Gasteiger partial charge in [0.25, 0.3) is 11.5 Å². The Morgan fingerprint density at radius 3 is 2.62 bits per heavy atom. The molecule has 0 aromatic carbocycles. The van der Waals surface area contributed by atoms with E-state index in [4.69, 9.17) is 0 Å². The Morgan fingerprint density at radius 1 is 1.17 bits per heavy atom. The van der Waals surface area contributed by atoms with Crippen molar-refractivity contribution in [2.45, 2.75) is 70.7 Å². The molecule has 0 saturated heterocycles. The molecule has 0 spiro atoms. The van der Waals surface area contributed by atoms with Crippen molar-refractivity contribution in [2.75, 3.05) is 5.32 Å². The van der Waals surface area contributed by atoms with Crippen LogP contribution < -0.4 is 20.9 Å². The lowest BCUT2D eigenvalue weighted by Crippen LogP contribution is -2.27. The van der Waals surface area contributed by atoms with E-state index in [9.17, 15) is 36.3 Å². The van der Waals surface area contributed by atoms with Crippen molar-refractivity contribution in [1.82, 2.24) is 29.9 Å². The number of aromatic nitrogens is 5. The second-order valence-electron chi connectivity index (χ2n) is 9.87. The maximum atomic E-state index is 14.6. The Kier molecular flexibility index (Phi) is 9.85. The number of carbonyl (C=O) groups excluding carboxylic acids is 2. The second kappa shape index (κ2) is 13.5. The fourth-order valence-electron chi connectivity index (χ4n) is 4.53. The predicted octanol–water partition coefficient (Wildman–Crippen LogP) is 3.75. The number of ether oxygens (including phenoxy) is 1. The fraction of sp³-hybridized carbons (Fsp3) is 0.462. The first kappa shape index (κ1) is 30.6. The van der Waals surface area contributed by atoms with Gasteiger partial charge in [0.05, 0.1) is 36.9 Å². The Morgan fingerprint density at radius 2 is 1.93 bits per heavy atom. The molecule has 2 amide bonds. The van der Waals surface area contributed by atoms with Crippen molar-refractivity contribution in [3.63, 3.8) is 0 Å². The van der Waals surface area contributed by atoms with Gasteiger partial charge < -0.3 is 19.9 Å². The monoisotopic (exact) mass is 597 g/mol. The van der Waals surface area contributed by atoms with Crippen LogP contribution in [0.15, 0.2) is 41.6 Å². The van der Waals surface area contributed by atoms with Crippen molar-refractivity contribution in [3.05, 3.63) is 64.3 Å². The van der Waals surface area contributed by atoms with Crippen molar-refractivity contribution in [2.24, 2.45) is 5.92 Å².